The van der Waals surface area contributed by atoms with Gasteiger partial charge >= 0.3 is 0 Å². The third-order valence-electron chi connectivity index (χ3n) is 18.7. The van der Waals surface area contributed by atoms with Crippen LogP contribution >= 0.6 is 0 Å². The quantitative estimate of drug-likeness (QED) is 0.147. The first-order chi connectivity index (χ1) is 37.3. The molecule has 0 fully saturated rings. The second-order valence-electron chi connectivity index (χ2n) is 26.7. The Kier molecular flexibility index (Phi) is 11.5. The molecule has 0 amide bonds. The molecular weight excluding hydrogens is 942 g/mol. The van der Waals surface area contributed by atoms with E-state index in [2.05, 4.69) is 291 Å². The maximum absolute atomic E-state index is 2.71. The van der Waals surface area contributed by atoms with Gasteiger partial charge < -0.3 is 14.7 Å². The second-order valence-corrected chi connectivity index (χ2v) is 26.7. The van der Waals surface area contributed by atoms with Crippen LogP contribution in [-0.2, 0) is 27.1 Å². The average molecular weight is 1020 g/mol. The van der Waals surface area contributed by atoms with Crippen LogP contribution in [0, 0.1) is 0 Å². The minimum Gasteiger partial charge on any atom is -0.311 e. The highest BCUT2D eigenvalue weighted by molar-refractivity contribution is 7.00. The molecule has 78 heavy (non-hydrogen) atoms. The first-order valence-electron chi connectivity index (χ1n) is 28.7. The molecule has 4 heteroatoms. The highest BCUT2D eigenvalue weighted by atomic mass is 15.2. The lowest BCUT2D eigenvalue weighted by Crippen LogP contribution is -2.62. The molecule has 0 N–H and O–H groups in total. The van der Waals surface area contributed by atoms with E-state index in [1.165, 1.54) is 101 Å². The van der Waals surface area contributed by atoms with Crippen LogP contribution in [0.15, 0.2) is 200 Å². The lowest BCUT2D eigenvalue weighted by molar-refractivity contribution is 0.332. The zero-order valence-electron chi connectivity index (χ0n) is 47.8. The molecule has 0 atom stereocenters. The van der Waals surface area contributed by atoms with Crippen molar-refractivity contribution in [2.24, 2.45) is 0 Å². The Balaban J connectivity index is 1.21. The van der Waals surface area contributed by atoms with Gasteiger partial charge in [0.15, 0.2) is 0 Å². The van der Waals surface area contributed by atoms with E-state index in [1.54, 1.807) is 0 Å². The SMILES string of the molecule is CC(C)(C)c1ccc(N2c3cc(-c4ccccc4)ccc3B3c4cc5c(cc4N(c4ccc6c(c4)C(C)(C)CCC6(C)C)c4cc(N(c6ccccc6)c6ccccc6)cc2c43)C(C)(C)CCC5(C)C)c(-c2ccccc2)c1. The van der Waals surface area contributed by atoms with E-state index in [0.717, 1.165) is 42.0 Å². The lowest BCUT2D eigenvalue weighted by Gasteiger charge is -2.48. The summed E-state index contributed by atoms with van der Waals surface area (Å²) in [6, 6.07) is 76.7. The van der Waals surface area contributed by atoms with E-state index in [0.29, 0.717) is 0 Å². The fourth-order valence-corrected chi connectivity index (χ4v) is 13.9. The van der Waals surface area contributed by atoms with Crippen LogP contribution in [0.1, 0.15) is 130 Å². The molecule has 4 aliphatic rings. The predicted octanol–water partition coefficient (Wildman–Crippen LogP) is 18.6. The fourth-order valence-electron chi connectivity index (χ4n) is 13.9. The number of anilines is 9. The van der Waals surface area contributed by atoms with Crippen LogP contribution < -0.4 is 31.1 Å². The van der Waals surface area contributed by atoms with Gasteiger partial charge in [-0.3, -0.25) is 0 Å². The van der Waals surface area contributed by atoms with Crippen molar-refractivity contribution in [3.8, 4) is 22.3 Å². The van der Waals surface area contributed by atoms with Gasteiger partial charge in [0.05, 0.1) is 11.4 Å². The first kappa shape index (κ1) is 50.0. The van der Waals surface area contributed by atoms with Crippen LogP contribution in [0.25, 0.3) is 22.3 Å². The minimum absolute atomic E-state index is 0.00294. The maximum atomic E-state index is 2.71. The summed E-state index contributed by atoms with van der Waals surface area (Å²) < 4.78 is 0. The Morgan fingerprint density at radius 1 is 0.372 bits per heavy atom. The number of hydrogen-bond donors (Lipinski definition) is 0. The average Bonchev–Trinajstić information content (AvgIpc) is 3.61. The number of rotatable bonds is 7. The first-order valence-corrected chi connectivity index (χ1v) is 28.7. The van der Waals surface area contributed by atoms with Crippen LogP contribution in [0.2, 0.25) is 0 Å². The summed E-state index contributed by atoms with van der Waals surface area (Å²) in [5.74, 6) is 0. The van der Waals surface area contributed by atoms with E-state index in [-0.39, 0.29) is 33.8 Å². The molecule has 2 aliphatic carbocycles. The molecule has 0 aromatic heterocycles. The van der Waals surface area contributed by atoms with Gasteiger partial charge in [-0.25, -0.2) is 0 Å². The standard InChI is InChI=1S/C74H74BN3/c1-70(2,3)52-33-37-64(57(43-52)50-26-18-13-19-27-50)78-65-42-51(49-24-16-12-17-25-49)32-36-62(65)75-63-47-60-61(74(10,11)41-40-73(60,8)9)48-66(63)77(55-34-35-58-59(44-55)72(6,7)39-38-71(58,4)5)67-45-56(46-68(78)69(67)75)76(53-28-20-14-21-29-53)54-30-22-15-23-31-54/h12-37,42-48H,38-41H2,1-11H3. The van der Waals surface area contributed by atoms with Gasteiger partial charge in [-0.05, 0) is 186 Å². The topological polar surface area (TPSA) is 9.72 Å². The predicted molar refractivity (Wildman–Crippen MR) is 335 cm³/mol. The van der Waals surface area contributed by atoms with Crippen LogP contribution in [0.5, 0.6) is 0 Å². The smallest absolute Gasteiger partial charge is 0.252 e. The number of fused-ring (bicyclic) bond motifs is 6. The summed E-state index contributed by atoms with van der Waals surface area (Å²) in [6.07, 6.45) is 4.61. The number of para-hydroxylation sites is 2. The van der Waals surface area contributed by atoms with E-state index < -0.39 is 0 Å². The van der Waals surface area contributed by atoms with Crippen molar-refractivity contribution in [3.63, 3.8) is 0 Å². The van der Waals surface area contributed by atoms with Gasteiger partial charge in [0.1, 0.15) is 0 Å². The summed E-state index contributed by atoms with van der Waals surface area (Å²) in [6.45, 7) is 26.7. The molecule has 9 aromatic carbocycles. The molecular formula is C74H74BN3. The van der Waals surface area contributed by atoms with E-state index >= 15 is 0 Å². The Morgan fingerprint density at radius 2 is 0.872 bits per heavy atom. The number of nitrogens with zero attached hydrogens (tertiary/aromatic N) is 3. The largest absolute Gasteiger partial charge is 0.311 e. The molecule has 388 valence electrons. The van der Waals surface area contributed by atoms with Gasteiger partial charge in [0.2, 0.25) is 0 Å². The highest BCUT2D eigenvalue weighted by Crippen LogP contribution is 2.55. The maximum Gasteiger partial charge on any atom is 0.252 e. The van der Waals surface area contributed by atoms with Crippen LogP contribution in [-0.4, -0.2) is 6.71 Å². The summed E-state index contributed by atoms with van der Waals surface area (Å²) in [4.78, 5) is 7.85. The van der Waals surface area contributed by atoms with Crippen molar-refractivity contribution in [2.75, 3.05) is 14.7 Å². The van der Waals surface area contributed by atoms with Crippen molar-refractivity contribution in [3.05, 3.63) is 228 Å². The zero-order valence-corrected chi connectivity index (χ0v) is 47.8. The number of benzene rings is 9. The third-order valence-corrected chi connectivity index (χ3v) is 18.7. The summed E-state index contributed by atoms with van der Waals surface area (Å²) >= 11 is 0. The molecule has 2 heterocycles. The summed E-state index contributed by atoms with van der Waals surface area (Å²) in [5, 5.41) is 0. The second kappa shape index (κ2) is 18.0. The van der Waals surface area contributed by atoms with E-state index in [1.807, 2.05) is 0 Å². The minimum atomic E-state index is -0.0681. The van der Waals surface area contributed by atoms with Crippen molar-refractivity contribution >= 4 is 74.3 Å². The Morgan fingerprint density at radius 3 is 1.45 bits per heavy atom. The van der Waals surface area contributed by atoms with Crippen molar-refractivity contribution in [1.29, 1.82) is 0 Å². The summed E-state index contributed by atoms with van der Waals surface area (Å²) in [7, 11) is 0. The van der Waals surface area contributed by atoms with Crippen molar-refractivity contribution in [2.45, 2.75) is 129 Å². The van der Waals surface area contributed by atoms with Gasteiger partial charge in [-0.2, -0.15) is 0 Å². The fraction of sp³-hybridized carbons (Fsp3) is 0.270. The molecule has 3 nitrogen and oxygen atoms in total. The molecule has 0 saturated heterocycles. The van der Waals surface area contributed by atoms with Gasteiger partial charge in [0.25, 0.3) is 6.71 Å². The Bertz CT molecular complexity index is 3750. The molecule has 0 saturated carbocycles. The van der Waals surface area contributed by atoms with E-state index in [4.69, 9.17) is 0 Å². The van der Waals surface area contributed by atoms with Crippen molar-refractivity contribution in [1.82, 2.24) is 0 Å². The highest BCUT2D eigenvalue weighted by Gasteiger charge is 2.48. The van der Waals surface area contributed by atoms with Gasteiger partial charge in [0, 0.05) is 45.4 Å². The van der Waals surface area contributed by atoms with Crippen LogP contribution in [0.4, 0.5) is 51.2 Å². The van der Waals surface area contributed by atoms with E-state index in [9.17, 15) is 0 Å². The molecule has 13 rings (SSSR count). The molecule has 9 aromatic rings. The van der Waals surface area contributed by atoms with Crippen molar-refractivity contribution < 1.29 is 0 Å². The third kappa shape index (κ3) is 8.15. The van der Waals surface area contributed by atoms with Gasteiger partial charge in [-0.1, -0.05) is 204 Å². The number of hydrogen-bond acceptors (Lipinski definition) is 3. The monoisotopic (exact) mass is 1020 g/mol. The normalized spacial score (nSPS) is 17.0. The molecule has 0 radical (unpaired) electrons. The summed E-state index contributed by atoms with van der Waals surface area (Å²) in [5.41, 5.74) is 26.7. The van der Waals surface area contributed by atoms with Gasteiger partial charge in [-0.15, -0.1) is 0 Å². The molecule has 2 aliphatic heterocycles. The Labute approximate surface area is 465 Å². The Hall–Kier alpha value is -7.56. The zero-order chi connectivity index (χ0) is 54.1. The van der Waals surface area contributed by atoms with Crippen LogP contribution in [0.3, 0.4) is 0 Å². The lowest BCUT2D eigenvalue weighted by atomic mass is 9.33. The molecule has 0 bridgehead atoms. The molecule has 0 spiro atoms. The molecule has 0 unspecified atom stereocenters.